The van der Waals surface area contributed by atoms with Crippen LogP contribution in [0.1, 0.15) is 11.3 Å². The summed E-state index contributed by atoms with van der Waals surface area (Å²) in [5.74, 6) is 0.864. The van der Waals surface area contributed by atoms with E-state index in [4.69, 9.17) is 4.42 Å². The maximum absolute atomic E-state index is 5.41. The molecule has 0 unspecified atom stereocenters. The van der Waals surface area contributed by atoms with Crippen molar-refractivity contribution >= 4 is 27.3 Å². The molecule has 15 heavy (non-hydrogen) atoms. The second-order valence-corrected chi connectivity index (χ2v) is 5.60. The molecule has 0 atom stereocenters. The van der Waals surface area contributed by atoms with E-state index in [1.165, 1.54) is 12.0 Å². The Hall–Kier alpha value is -0.650. The third kappa shape index (κ3) is 2.14. The highest BCUT2D eigenvalue weighted by Crippen LogP contribution is 2.35. The van der Waals surface area contributed by atoms with Gasteiger partial charge in [-0.15, -0.1) is 11.3 Å². The summed E-state index contributed by atoms with van der Waals surface area (Å²) in [4.78, 5) is 5.30. The second kappa shape index (κ2) is 4.47. The van der Waals surface area contributed by atoms with Gasteiger partial charge in [0.25, 0.3) is 0 Å². The van der Waals surface area contributed by atoms with Crippen LogP contribution in [0.5, 0.6) is 0 Å². The molecule has 0 bridgehead atoms. The molecule has 3 nitrogen and oxygen atoms in total. The molecule has 0 aromatic carbocycles. The van der Waals surface area contributed by atoms with Crippen molar-refractivity contribution in [2.45, 2.75) is 13.5 Å². The normalized spacial score (nSPS) is 10.9. The number of thiophene rings is 1. The Bertz CT molecular complexity index is 444. The first-order valence-corrected chi connectivity index (χ1v) is 6.16. The molecule has 1 N–H and O–H groups in total. The highest BCUT2D eigenvalue weighted by molar-refractivity contribution is 9.11. The lowest BCUT2D eigenvalue weighted by molar-refractivity contribution is 0.571. The number of hydrogen-bond acceptors (Lipinski definition) is 4. The number of oxazole rings is 1. The van der Waals surface area contributed by atoms with Crippen LogP contribution < -0.4 is 5.32 Å². The Morgan fingerprint density at radius 3 is 3.00 bits per heavy atom. The number of halogens is 1. The zero-order chi connectivity index (χ0) is 10.8. The van der Waals surface area contributed by atoms with Crippen molar-refractivity contribution in [1.82, 2.24) is 10.3 Å². The van der Waals surface area contributed by atoms with Crippen molar-refractivity contribution in [2.75, 3.05) is 7.05 Å². The summed E-state index contributed by atoms with van der Waals surface area (Å²) in [7, 11) is 1.90. The fourth-order valence-corrected chi connectivity index (χ4v) is 2.88. The van der Waals surface area contributed by atoms with E-state index in [0.29, 0.717) is 0 Å². The summed E-state index contributed by atoms with van der Waals surface area (Å²) >= 11 is 5.17. The standard InChI is InChI=1S/C10H11BrN2OS/c1-6-3-8(15-10(6)11)9-7(4-12-2)13-5-14-9/h3,5,12H,4H2,1-2H3. The van der Waals surface area contributed by atoms with Crippen LogP contribution in [0.3, 0.4) is 0 Å². The molecule has 0 fully saturated rings. The van der Waals surface area contributed by atoms with Gasteiger partial charge >= 0.3 is 0 Å². The zero-order valence-electron chi connectivity index (χ0n) is 8.50. The molecule has 2 heterocycles. The van der Waals surface area contributed by atoms with Crippen LogP contribution >= 0.6 is 27.3 Å². The van der Waals surface area contributed by atoms with Crippen molar-refractivity contribution in [1.29, 1.82) is 0 Å². The van der Waals surface area contributed by atoms with Gasteiger partial charge in [-0.05, 0) is 41.5 Å². The third-order valence-electron chi connectivity index (χ3n) is 2.07. The van der Waals surface area contributed by atoms with E-state index in [2.05, 4.69) is 39.2 Å². The molecule has 0 saturated heterocycles. The van der Waals surface area contributed by atoms with Gasteiger partial charge in [-0.3, -0.25) is 0 Å². The number of nitrogens with zero attached hydrogens (tertiary/aromatic N) is 1. The summed E-state index contributed by atoms with van der Waals surface area (Å²) in [5, 5.41) is 3.07. The Labute approximate surface area is 101 Å². The summed E-state index contributed by atoms with van der Waals surface area (Å²) < 4.78 is 6.55. The first kappa shape index (κ1) is 10.9. The van der Waals surface area contributed by atoms with E-state index >= 15 is 0 Å². The summed E-state index contributed by atoms with van der Waals surface area (Å²) in [6, 6.07) is 2.11. The largest absolute Gasteiger partial charge is 0.442 e. The molecular weight excluding hydrogens is 276 g/mol. The topological polar surface area (TPSA) is 38.1 Å². The second-order valence-electron chi connectivity index (χ2n) is 3.23. The molecule has 0 aliphatic carbocycles. The van der Waals surface area contributed by atoms with Gasteiger partial charge in [-0.25, -0.2) is 4.98 Å². The molecular formula is C10H11BrN2OS. The van der Waals surface area contributed by atoms with Crippen LogP contribution in [0.2, 0.25) is 0 Å². The fraction of sp³-hybridized carbons (Fsp3) is 0.300. The highest BCUT2D eigenvalue weighted by Gasteiger charge is 2.13. The number of nitrogens with one attached hydrogen (secondary N) is 1. The quantitative estimate of drug-likeness (QED) is 0.942. The first-order chi connectivity index (χ1) is 7.22. The first-order valence-electron chi connectivity index (χ1n) is 4.55. The van der Waals surface area contributed by atoms with Gasteiger partial charge in [0.2, 0.25) is 0 Å². The lowest BCUT2D eigenvalue weighted by Gasteiger charge is -1.96. The lowest BCUT2D eigenvalue weighted by Crippen LogP contribution is -2.05. The van der Waals surface area contributed by atoms with E-state index in [0.717, 1.165) is 26.7 Å². The monoisotopic (exact) mass is 286 g/mol. The summed E-state index contributed by atoms with van der Waals surface area (Å²) in [6.07, 6.45) is 1.49. The van der Waals surface area contributed by atoms with Crippen LogP contribution in [-0.2, 0) is 6.54 Å². The maximum Gasteiger partial charge on any atom is 0.181 e. The molecule has 0 aliphatic heterocycles. The van der Waals surface area contributed by atoms with Gasteiger partial charge in [0, 0.05) is 6.54 Å². The van der Waals surface area contributed by atoms with Crippen LogP contribution in [0.15, 0.2) is 20.7 Å². The van der Waals surface area contributed by atoms with Gasteiger partial charge in [0.05, 0.1) is 8.66 Å². The molecule has 5 heteroatoms. The molecule has 2 rings (SSSR count). The fourth-order valence-electron chi connectivity index (χ4n) is 1.33. The van der Waals surface area contributed by atoms with Gasteiger partial charge in [0.15, 0.2) is 12.2 Å². The van der Waals surface area contributed by atoms with Crippen molar-refractivity contribution < 1.29 is 4.42 Å². The lowest BCUT2D eigenvalue weighted by atomic mass is 10.2. The van der Waals surface area contributed by atoms with Gasteiger partial charge in [-0.1, -0.05) is 0 Å². The van der Waals surface area contributed by atoms with Crippen LogP contribution in [0.4, 0.5) is 0 Å². The minimum atomic E-state index is 0.723. The maximum atomic E-state index is 5.41. The van der Waals surface area contributed by atoms with E-state index in [1.54, 1.807) is 11.3 Å². The Morgan fingerprint density at radius 2 is 2.40 bits per heavy atom. The molecule has 2 aromatic heterocycles. The highest BCUT2D eigenvalue weighted by atomic mass is 79.9. The van der Waals surface area contributed by atoms with Crippen molar-refractivity contribution in [3.63, 3.8) is 0 Å². The Kier molecular flexibility index (Phi) is 3.23. The van der Waals surface area contributed by atoms with Crippen LogP contribution in [-0.4, -0.2) is 12.0 Å². The Balaban J connectivity index is 2.40. The molecule has 0 spiro atoms. The zero-order valence-corrected chi connectivity index (χ0v) is 10.9. The number of rotatable bonds is 3. The predicted molar refractivity (Wildman–Crippen MR) is 65.0 cm³/mol. The minimum absolute atomic E-state index is 0.723. The summed E-state index contributed by atoms with van der Waals surface area (Å²) in [6.45, 7) is 2.79. The van der Waals surface area contributed by atoms with Gasteiger partial charge < -0.3 is 9.73 Å². The summed E-state index contributed by atoms with van der Waals surface area (Å²) in [5.41, 5.74) is 2.17. The van der Waals surface area contributed by atoms with E-state index < -0.39 is 0 Å². The Morgan fingerprint density at radius 1 is 1.60 bits per heavy atom. The average molecular weight is 287 g/mol. The smallest absolute Gasteiger partial charge is 0.181 e. The number of aryl methyl sites for hydroxylation is 1. The van der Waals surface area contributed by atoms with E-state index in [-0.39, 0.29) is 0 Å². The van der Waals surface area contributed by atoms with Crippen LogP contribution in [0.25, 0.3) is 10.6 Å². The van der Waals surface area contributed by atoms with Crippen molar-refractivity contribution in [3.8, 4) is 10.6 Å². The molecule has 0 aliphatic rings. The average Bonchev–Trinajstić information content (AvgIpc) is 2.76. The predicted octanol–water partition coefficient (Wildman–Crippen LogP) is 3.19. The third-order valence-corrected chi connectivity index (χ3v) is 4.20. The number of aromatic nitrogens is 1. The molecule has 80 valence electrons. The van der Waals surface area contributed by atoms with E-state index in [1.807, 2.05) is 7.05 Å². The molecule has 2 aromatic rings. The van der Waals surface area contributed by atoms with Crippen molar-refractivity contribution in [2.24, 2.45) is 0 Å². The molecule has 0 amide bonds. The number of hydrogen-bond donors (Lipinski definition) is 1. The van der Waals surface area contributed by atoms with Gasteiger partial charge in [0.1, 0.15) is 5.69 Å². The van der Waals surface area contributed by atoms with E-state index in [9.17, 15) is 0 Å². The molecule has 0 saturated carbocycles. The molecule has 0 radical (unpaired) electrons. The minimum Gasteiger partial charge on any atom is -0.442 e. The van der Waals surface area contributed by atoms with Crippen LogP contribution in [0, 0.1) is 6.92 Å². The van der Waals surface area contributed by atoms with Gasteiger partial charge in [-0.2, -0.15) is 0 Å². The van der Waals surface area contributed by atoms with Crippen molar-refractivity contribution in [3.05, 3.63) is 27.5 Å². The SMILES string of the molecule is CNCc1ncoc1-c1cc(C)c(Br)s1.